The van der Waals surface area contributed by atoms with E-state index in [2.05, 4.69) is 4.98 Å². The molecule has 0 spiro atoms. The summed E-state index contributed by atoms with van der Waals surface area (Å²) >= 11 is 0. The van der Waals surface area contributed by atoms with Gasteiger partial charge in [0.15, 0.2) is 0 Å². The molecule has 0 amide bonds. The third-order valence-corrected chi connectivity index (χ3v) is 3.52. The fraction of sp³-hybridized carbons (Fsp3) is 0.357. The van der Waals surface area contributed by atoms with E-state index in [0.717, 1.165) is 49.7 Å². The van der Waals surface area contributed by atoms with Crippen LogP contribution in [0.3, 0.4) is 0 Å². The van der Waals surface area contributed by atoms with Crippen LogP contribution in [-0.4, -0.2) is 14.7 Å². The van der Waals surface area contributed by atoms with Gasteiger partial charge in [-0.1, -0.05) is 0 Å². The van der Waals surface area contributed by atoms with Gasteiger partial charge in [0.2, 0.25) is 0 Å². The monoisotopic (exact) mass is 264 g/mol. The van der Waals surface area contributed by atoms with Crippen LogP contribution >= 0.6 is 0 Å². The first-order valence-corrected chi connectivity index (χ1v) is 6.35. The second-order valence-corrected chi connectivity index (χ2v) is 4.72. The van der Waals surface area contributed by atoms with Crippen molar-refractivity contribution < 1.29 is 13.9 Å². The molecule has 100 valence electrons. The van der Waals surface area contributed by atoms with E-state index in [9.17, 15) is 13.9 Å². The van der Waals surface area contributed by atoms with Crippen molar-refractivity contribution in [3.05, 3.63) is 41.2 Å². The van der Waals surface area contributed by atoms with Crippen molar-refractivity contribution in [3.63, 3.8) is 0 Å². The third kappa shape index (κ3) is 2.04. The van der Waals surface area contributed by atoms with Crippen molar-refractivity contribution in [2.24, 2.45) is 0 Å². The second-order valence-electron chi connectivity index (χ2n) is 4.72. The molecule has 0 fully saturated rings. The van der Waals surface area contributed by atoms with Gasteiger partial charge >= 0.3 is 0 Å². The zero-order valence-corrected chi connectivity index (χ0v) is 10.4. The molecule has 1 aliphatic rings. The van der Waals surface area contributed by atoms with E-state index in [0.29, 0.717) is 11.5 Å². The van der Waals surface area contributed by atoms with Gasteiger partial charge in [0.1, 0.15) is 17.5 Å². The van der Waals surface area contributed by atoms with Gasteiger partial charge in [-0.05, 0) is 37.5 Å². The molecule has 3 rings (SSSR count). The number of aromatic nitrogens is 2. The first kappa shape index (κ1) is 12.3. The summed E-state index contributed by atoms with van der Waals surface area (Å²) in [6.45, 7) is 0.555. The lowest BCUT2D eigenvalue weighted by Crippen LogP contribution is -2.12. The average molecular weight is 264 g/mol. The molecule has 0 saturated heterocycles. The van der Waals surface area contributed by atoms with Crippen LogP contribution in [-0.2, 0) is 19.6 Å². The minimum Gasteiger partial charge on any atom is -0.390 e. The summed E-state index contributed by atoms with van der Waals surface area (Å²) in [4.78, 5) is 4.29. The Bertz CT molecular complexity index is 622. The Labute approximate surface area is 109 Å². The van der Waals surface area contributed by atoms with Gasteiger partial charge in [0.05, 0.1) is 17.9 Å². The van der Waals surface area contributed by atoms with Crippen molar-refractivity contribution in [2.45, 2.75) is 32.4 Å². The fourth-order valence-corrected chi connectivity index (χ4v) is 2.62. The first-order valence-electron chi connectivity index (χ1n) is 6.35. The largest absolute Gasteiger partial charge is 0.390 e. The van der Waals surface area contributed by atoms with Crippen LogP contribution in [0.25, 0.3) is 11.4 Å². The van der Waals surface area contributed by atoms with Gasteiger partial charge in [-0.25, -0.2) is 13.8 Å². The third-order valence-electron chi connectivity index (χ3n) is 3.52. The lowest BCUT2D eigenvalue weighted by Gasteiger charge is -2.17. The molecule has 5 heteroatoms. The maximum absolute atomic E-state index is 13.9. The molecule has 0 saturated carbocycles. The van der Waals surface area contributed by atoms with Gasteiger partial charge < -0.3 is 9.67 Å². The molecule has 19 heavy (non-hydrogen) atoms. The van der Waals surface area contributed by atoms with Gasteiger partial charge in [-0.2, -0.15) is 0 Å². The second kappa shape index (κ2) is 4.74. The quantitative estimate of drug-likeness (QED) is 0.905. The van der Waals surface area contributed by atoms with Gasteiger partial charge in [-0.15, -0.1) is 0 Å². The van der Waals surface area contributed by atoms with Crippen LogP contribution in [0.15, 0.2) is 18.2 Å². The van der Waals surface area contributed by atoms with E-state index in [1.165, 1.54) is 0 Å². The zero-order valence-electron chi connectivity index (χ0n) is 10.4. The summed E-state index contributed by atoms with van der Waals surface area (Å²) < 4.78 is 29.1. The predicted molar refractivity (Wildman–Crippen MR) is 66.4 cm³/mol. The molecular weight excluding hydrogens is 250 g/mol. The number of imidazole rings is 1. The summed E-state index contributed by atoms with van der Waals surface area (Å²) in [6, 6.07) is 3.35. The van der Waals surface area contributed by atoms with Crippen LogP contribution < -0.4 is 0 Å². The lowest BCUT2D eigenvalue weighted by atomic mass is 10.1. The smallest absolute Gasteiger partial charge is 0.143 e. The number of hydrogen-bond donors (Lipinski definition) is 1. The van der Waals surface area contributed by atoms with Crippen molar-refractivity contribution in [3.8, 4) is 11.4 Å². The van der Waals surface area contributed by atoms with Crippen LogP contribution in [0, 0.1) is 11.6 Å². The number of fused-ring (bicyclic) bond motifs is 1. The van der Waals surface area contributed by atoms with Gasteiger partial charge in [0.25, 0.3) is 0 Å². The maximum atomic E-state index is 13.9. The van der Waals surface area contributed by atoms with Gasteiger partial charge in [-0.3, -0.25) is 0 Å². The van der Waals surface area contributed by atoms with Gasteiger partial charge in [0, 0.05) is 12.2 Å². The molecule has 0 atom stereocenters. The molecule has 1 aromatic heterocycles. The molecule has 1 aliphatic heterocycles. The number of rotatable bonds is 2. The molecule has 0 bridgehead atoms. The number of benzene rings is 1. The standard InChI is InChI=1S/C14H14F2N2O/c15-9-4-5-11(16)10(7-9)14-17-12(8-19)13-3-1-2-6-18(13)14/h4-5,7,19H,1-3,6,8H2. The van der Waals surface area contributed by atoms with Crippen molar-refractivity contribution >= 4 is 0 Å². The molecule has 1 N–H and O–H groups in total. The minimum atomic E-state index is -0.496. The molecule has 3 nitrogen and oxygen atoms in total. The van der Waals surface area contributed by atoms with E-state index >= 15 is 0 Å². The molecular formula is C14H14F2N2O. The highest BCUT2D eigenvalue weighted by Gasteiger charge is 2.22. The van der Waals surface area contributed by atoms with E-state index in [-0.39, 0.29) is 12.2 Å². The molecule has 1 aromatic carbocycles. The van der Waals surface area contributed by atoms with E-state index < -0.39 is 11.6 Å². The molecule has 2 heterocycles. The summed E-state index contributed by atoms with van der Waals surface area (Å²) in [7, 11) is 0. The summed E-state index contributed by atoms with van der Waals surface area (Å²) in [6.07, 6.45) is 2.84. The summed E-state index contributed by atoms with van der Waals surface area (Å²) in [5.41, 5.74) is 1.66. The first-order chi connectivity index (χ1) is 9.20. The zero-order chi connectivity index (χ0) is 13.4. The Balaban J connectivity index is 2.19. The van der Waals surface area contributed by atoms with Crippen molar-refractivity contribution in [1.82, 2.24) is 9.55 Å². The average Bonchev–Trinajstić information content (AvgIpc) is 2.80. The SMILES string of the molecule is OCc1nc(-c2cc(F)ccc2F)n2c1CCCC2. The van der Waals surface area contributed by atoms with E-state index in [4.69, 9.17) is 0 Å². The van der Waals surface area contributed by atoms with Crippen LogP contribution in [0.1, 0.15) is 24.2 Å². The minimum absolute atomic E-state index is 0.155. The molecule has 0 unspecified atom stereocenters. The summed E-state index contributed by atoms with van der Waals surface area (Å²) in [5, 5.41) is 9.33. The lowest BCUT2D eigenvalue weighted by molar-refractivity contribution is 0.275. The number of aliphatic hydroxyl groups is 1. The van der Waals surface area contributed by atoms with E-state index in [1.54, 1.807) is 0 Å². The van der Waals surface area contributed by atoms with Crippen LogP contribution in [0.2, 0.25) is 0 Å². The highest BCUT2D eigenvalue weighted by atomic mass is 19.1. The number of hydrogen-bond acceptors (Lipinski definition) is 2. The topological polar surface area (TPSA) is 38.1 Å². The van der Waals surface area contributed by atoms with E-state index in [1.807, 2.05) is 4.57 Å². The number of nitrogens with zero attached hydrogens (tertiary/aromatic N) is 2. The molecule has 0 aliphatic carbocycles. The summed E-state index contributed by atoms with van der Waals surface area (Å²) in [5.74, 6) is -0.574. The maximum Gasteiger partial charge on any atom is 0.143 e. The predicted octanol–water partition coefficient (Wildman–Crippen LogP) is 2.66. The Morgan fingerprint density at radius 1 is 1.26 bits per heavy atom. The highest BCUT2D eigenvalue weighted by Crippen LogP contribution is 2.29. The molecule has 2 aromatic rings. The number of halogens is 2. The Morgan fingerprint density at radius 3 is 2.89 bits per heavy atom. The Kier molecular flexibility index (Phi) is 3.06. The van der Waals surface area contributed by atoms with Crippen LogP contribution in [0.4, 0.5) is 8.78 Å². The Morgan fingerprint density at radius 2 is 2.11 bits per heavy atom. The van der Waals surface area contributed by atoms with Crippen molar-refractivity contribution in [2.75, 3.05) is 0 Å². The van der Waals surface area contributed by atoms with Crippen LogP contribution in [0.5, 0.6) is 0 Å². The normalized spacial score (nSPS) is 14.5. The molecule has 0 radical (unpaired) electrons. The number of aliphatic hydroxyl groups excluding tert-OH is 1. The fourth-order valence-electron chi connectivity index (χ4n) is 2.62. The highest BCUT2D eigenvalue weighted by molar-refractivity contribution is 5.58. The van der Waals surface area contributed by atoms with Crippen molar-refractivity contribution in [1.29, 1.82) is 0 Å². The Hall–Kier alpha value is -1.75.